The third-order valence-corrected chi connectivity index (χ3v) is 5.50. The summed E-state index contributed by atoms with van der Waals surface area (Å²) in [4.78, 5) is 18.9. The molecule has 0 saturated carbocycles. The lowest BCUT2D eigenvalue weighted by Gasteiger charge is -2.32. The van der Waals surface area contributed by atoms with Gasteiger partial charge in [-0.2, -0.15) is 15.0 Å². The van der Waals surface area contributed by atoms with E-state index in [1.54, 1.807) is 0 Å². The molecule has 0 amide bonds. The van der Waals surface area contributed by atoms with Crippen LogP contribution in [0.4, 0.5) is 17.6 Å². The molecule has 4 heterocycles. The first-order valence-electron chi connectivity index (χ1n) is 9.52. The highest BCUT2D eigenvalue weighted by atomic mass is 16.5. The predicted octanol–water partition coefficient (Wildman–Crippen LogP) is 2.09. The highest BCUT2D eigenvalue weighted by molar-refractivity contribution is 5.61. The Morgan fingerprint density at radius 2 is 1.46 bits per heavy atom. The van der Waals surface area contributed by atoms with Crippen LogP contribution in [0.3, 0.4) is 0 Å². The van der Waals surface area contributed by atoms with Crippen LogP contribution in [-0.4, -0.2) is 53.3 Å². The van der Waals surface area contributed by atoms with Gasteiger partial charge in [-0.1, -0.05) is 0 Å². The second-order valence-electron chi connectivity index (χ2n) is 7.44. The van der Waals surface area contributed by atoms with Crippen LogP contribution in [0.15, 0.2) is 24.3 Å². The van der Waals surface area contributed by atoms with Crippen LogP contribution in [-0.2, 0) is 4.74 Å². The van der Waals surface area contributed by atoms with Crippen LogP contribution in [0.5, 0.6) is 0 Å². The molecular formula is C19H24N6O. The van der Waals surface area contributed by atoms with Crippen LogP contribution in [0.2, 0.25) is 0 Å². The molecule has 1 aromatic carbocycles. The monoisotopic (exact) mass is 352 g/mol. The quantitative estimate of drug-likeness (QED) is 0.847. The van der Waals surface area contributed by atoms with Crippen molar-refractivity contribution in [2.24, 2.45) is 0 Å². The average Bonchev–Trinajstić information content (AvgIpc) is 3.32. The van der Waals surface area contributed by atoms with E-state index in [0.717, 1.165) is 68.0 Å². The van der Waals surface area contributed by atoms with Crippen molar-refractivity contribution in [2.75, 3.05) is 41.7 Å². The van der Waals surface area contributed by atoms with Crippen molar-refractivity contribution in [3.05, 3.63) is 24.3 Å². The van der Waals surface area contributed by atoms with E-state index in [2.05, 4.69) is 9.80 Å². The zero-order valence-electron chi connectivity index (χ0n) is 14.8. The number of morpholine rings is 1. The van der Waals surface area contributed by atoms with E-state index in [1.165, 1.54) is 12.8 Å². The Morgan fingerprint density at radius 1 is 0.846 bits per heavy atom. The SMILES string of the molecule is Nc1ccc(-c2nc(N3CCCC3)nc(N3CC4CCC(C3)O4)n2)cc1. The van der Waals surface area contributed by atoms with Gasteiger partial charge in [0.25, 0.3) is 0 Å². The van der Waals surface area contributed by atoms with Crippen LogP contribution in [0, 0.1) is 0 Å². The largest absolute Gasteiger partial charge is 0.399 e. The molecule has 136 valence electrons. The maximum Gasteiger partial charge on any atom is 0.230 e. The van der Waals surface area contributed by atoms with Crippen molar-refractivity contribution < 1.29 is 4.74 Å². The van der Waals surface area contributed by atoms with Crippen LogP contribution in [0.1, 0.15) is 25.7 Å². The number of anilines is 3. The van der Waals surface area contributed by atoms with E-state index in [-0.39, 0.29) is 0 Å². The van der Waals surface area contributed by atoms with Gasteiger partial charge in [0.2, 0.25) is 11.9 Å². The number of hydrogen-bond donors (Lipinski definition) is 1. The highest BCUT2D eigenvalue weighted by Gasteiger charge is 2.35. The Hall–Kier alpha value is -2.41. The molecule has 2 bridgehead atoms. The molecule has 0 radical (unpaired) electrons. The smallest absolute Gasteiger partial charge is 0.230 e. The van der Waals surface area contributed by atoms with Crippen molar-refractivity contribution in [1.82, 2.24) is 15.0 Å². The Bertz CT molecular complexity index is 777. The maximum absolute atomic E-state index is 5.97. The zero-order valence-corrected chi connectivity index (χ0v) is 14.8. The van der Waals surface area contributed by atoms with E-state index in [9.17, 15) is 0 Å². The predicted molar refractivity (Wildman–Crippen MR) is 101 cm³/mol. The highest BCUT2D eigenvalue weighted by Crippen LogP contribution is 2.30. The molecule has 3 saturated heterocycles. The Balaban J connectivity index is 1.53. The molecule has 26 heavy (non-hydrogen) atoms. The molecular weight excluding hydrogens is 328 g/mol. The molecule has 7 heteroatoms. The topological polar surface area (TPSA) is 80.4 Å². The summed E-state index contributed by atoms with van der Waals surface area (Å²) in [6.45, 7) is 3.75. The Labute approximate surface area is 153 Å². The van der Waals surface area contributed by atoms with Crippen molar-refractivity contribution in [1.29, 1.82) is 0 Å². The fraction of sp³-hybridized carbons (Fsp3) is 0.526. The zero-order chi connectivity index (χ0) is 17.5. The van der Waals surface area contributed by atoms with E-state index in [4.69, 9.17) is 25.4 Å². The molecule has 2 unspecified atom stereocenters. The molecule has 0 aliphatic carbocycles. The normalized spacial score (nSPS) is 25.1. The first kappa shape index (κ1) is 15.8. The number of aromatic nitrogens is 3. The second-order valence-corrected chi connectivity index (χ2v) is 7.44. The molecule has 3 aliphatic rings. The number of benzene rings is 1. The molecule has 3 aliphatic heterocycles. The Morgan fingerprint density at radius 3 is 2.12 bits per heavy atom. The number of rotatable bonds is 3. The van der Waals surface area contributed by atoms with Gasteiger partial charge in [-0.25, -0.2) is 0 Å². The summed E-state index contributed by atoms with van der Waals surface area (Å²) in [5, 5.41) is 0. The molecule has 2 N–H and O–H groups in total. The minimum atomic E-state index is 0.306. The van der Waals surface area contributed by atoms with Crippen LogP contribution in [0.25, 0.3) is 11.4 Å². The molecule has 7 nitrogen and oxygen atoms in total. The van der Waals surface area contributed by atoms with Gasteiger partial charge in [0, 0.05) is 37.4 Å². The number of nitrogens with zero attached hydrogens (tertiary/aromatic N) is 5. The minimum Gasteiger partial charge on any atom is -0.399 e. The van der Waals surface area contributed by atoms with E-state index < -0.39 is 0 Å². The summed E-state index contributed by atoms with van der Waals surface area (Å²) in [5.41, 5.74) is 7.55. The first-order chi connectivity index (χ1) is 12.7. The van der Waals surface area contributed by atoms with Gasteiger partial charge in [0.1, 0.15) is 0 Å². The summed E-state index contributed by atoms with van der Waals surface area (Å²) in [7, 11) is 0. The standard InChI is InChI=1S/C19H24N6O/c20-14-5-3-13(4-6-14)17-21-18(24-9-1-2-10-24)23-19(22-17)25-11-15-7-8-16(12-25)26-15/h3-6,15-16H,1-2,7-12,20H2. The van der Waals surface area contributed by atoms with E-state index in [1.807, 2.05) is 24.3 Å². The molecule has 1 aromatic heterocycles. The van der Waals surface area contributed by atoms with Gasteiger partial charge in [-0.05, 0) is 49.9 Å². The molecule has 5 rings (SSSR count). The number of hydrogen-bond acceptors (Lipinski definition) is 7. The third kappa shape index (κ3) is 2.96. The molecule has 2 aromatic rings. The first-order valence-corrected chi connectivity index (χ1v) is 9.52. The van der Waals surface area contributed by atoms with Crippen LogP contribution >= 0.6 is 0 Å². The van der Waals surface area contributed by atoms with Crippen molar-refractivity contribution in [2.45, 2.75) is 37.9 Å². The fourth-order valence-electron chi connectivity index (χ4n) is 4.09. The second kappa shape index (κ2) is 6.39. The van der Waals surface area contributed by atoms with Gasteiger partial charge in [-0.3, -0.25) is 0 Å². The molecule has 3 fully saturated rings. The summed E-state index contributed by atoms with van der Waals surface area (Å²) >= 11 is 0. The lowest BCUT2D eigenvalue weighted by atomic mass is 10.2. The van der Waals surface area contributed by atoms with Crippen molar-refractivity contribution in [3.8, 4) is 11.4 Å². The van der Waals surface area contributed by atoms with E-state index >= 15 is 0 Å². The summed E-state index contributed by atoms with van der Waals surface area (Å²) in [5.74, 6) is 2.28. The van der Waals surface area contributed by atoms with Gasteiger partial charge >= 0.3 is 0 Å². The third-order valence-electron chi connectivity index (χ3n) is 5.50. The summed E-state index contributed by atoms with van der Waals surface area (Å²) in [6, 6.07) is 7.74. The van der Waals surface area contributed by atoms with Crippen molar-refractivity contribution >= 4 is 17.6 Å². The van der Waals surface area contributed by atoms with Gasteiger partial charge in [0.15, 0.2) is 5.82 Å². The van der Waals surface area contributed by atoms with Gasteiger partial charge in [0.05, 0.1) is 12.2 Å². The lowest BCUT2D eigenvalue weighted by molar-refractivity contribution is 0.0299. The van der Waals surface area contributed by atoms with Crippen LogP contribution < -0.4 is 15.5 Å². The number of fused-ring (bicyclic) bond motifs is 2. The lowest BCUT2D eigenvalue weighted by Crippen LogP contribution is -2.43. The average molecular weight is 352 g/mol. The molecule has 0 spiro atoms. The number of ether oxygens (including phenoxy) is 1. The maximum atomic E-state index is 5.97. The van der Waals surface area contributed by atoms with Gasteiger partial charge < -0.3 is 20.3 Å². The number of nitrogen functional groups attached to an aromatic ring is 1. The molecule has 2 atom stereocenters. The number of nitrogens with two attached hydrogens (primary N) is 1. The Kier molecular flexibility index (Phi) is 3.89. The van der Waals surface area contributed by atoms with Gasteiger partial charge in [-0.15, -0.1) is 0 Å². The summed E-state index contributed by atoms with van der Waals surface area (Å²) < 4.78 is 5.97. The minimum absolute atomic E-state index is 0.306. The van der Waals surface area contributed by atoms with Crippen molar-refractivity contribution in [3.63, 3.8) is 0 Å². The van der Waals surface area contributed by atoms with E-state index in [0.29, 0.717) is 12.2 Å². The fourth-order valence-corrected chi connectivity index (χ4v) is 4.09. The summed E-state index contributed by atoms with van der Waals surface area (Å²) in [6.07, 6.45) is 5.27.